The monoisotopic (exact) mass is 375 g/mol. The lowest BCUT2D eigenvalue weighted by molar-refractivity contribution is 0.0811. The Bertz CT molecular complexity index is 452. The molecule has 1 aliphatic carbocycles. The first-order valence-corrected chi connectivity index (χ1v) is 11.0. The van der Waals surface area contributed by atoms with Gasteiger partial charge in [0.05, 0.1) is 6.61 Å². The van der Waals surface area contributed by atoms with Crippen molar-refractivity contribution in [1.29, 1.82) is 0 Å². The van der Waals surface area contributed by atoms with Crippen LogP contribution in [0.3, 0.4) is 0 Å². The minimum absolute atomic E-state index is 0.296. The molecule has 0 spiro atoms. The summed E-state index contributed by atoms with van der Waals surface area (Å²) in [6.45, 7) is 9.18. The summed E-state index contributed by atoms with van der Waals surface area (Å²) in [5, 5.41) is 0.296. The number of allylic oxidation sites excluding steroid dienone is 2. The van der Waals surface area contributed by atoms with Gasteiger partial charge in [-0.05, 0) is 55.6 Å². The molecule has 1 rings (SSSR count). The van der Waals surface area contributed by atoms with Crippen LogP contribution in [-0.4, -0.2) is 21.8 Å². The van der Waals surface area contributed by atoms with Crippen LogP contribution in [0.15, 0.2) is 22.9 Å². The van der Waals surface area contributed by atoms with Crippen LogP contribution in [0.5, 0.6) is 0 Å². The van der Waals surface area contributed by atoms with Gasteiger partial charge in [-0.2, -0.15) is 0 Å². The number of rotatable bonds is 10. The van der Waals surface area contributed by atoms with E-state index in [-0.39, 0.29) is 0 Å². The van der Waals surface area contributed by atoms with Crippen LogP contribution in [0.2, 0.25) is 0 Å². The average Bonchev–Trinajstić information content (AvgIpc) is 2.57. The highest BCUT2D eigenvalue weighted by Crippen LogP contribution is 2.43. The third kappa shape index (κ3) is 7.28. The molecular weight excluding hydrogens is 342 g/mol. The minimum atomic E-state index is -0.688. The Morgan fingerprint density at radius 2 is 2.08 bits per heavy atom. The average molecular weight is 376 g/mol. The summed E-state index contributed by atoms with van der Waals surface area (Å²) in [5.41, 5.74) is 7.67. The Morgan fingerprint density at radius 3 is 2.62 bits per heavy atom. The maximum absolute atomic E-state index is 12.0. The maximum Gasteiger partial charge on any atom is 0.0938 e. The van der Waals surface area contributed by atoms with E-state index in [1.54, 1.807) is 6.08 Å². The second kappa shape index (κ2) is 11.3. The van der Waals surface area contributed by atoms with Crippen molar-refractivity contribution in [1.82, 2.24) is 5.48 Å². The van der Waals surface area contributed by atoms with Gasteiger partial charge in [0.15, 0.2) is 0 Å². The van der Waals surface area contributed by atoms with Crippen molar-refractivity contribution in [3.8, 4) is 0 Å². The largest absolute Gasteiger partial charge is 0.272 e. The molecule has 1 fully saturated rings. The van der Waals surface area contributed by atoms with Crippen molar-refractivity contribution in [2.45, 2.75) is 77.9 Å². The zero-order valence-electron chi connectivity index (χ0n) is 15.7. The van der Waals surface area contributed by atoms with Crippen LogP contribution in [0.4, 0.5) is 0 Å². The van der Waals surface area contributed by atoms with Crippen LogP contribution in [0, 0.1) is 5.41 Å². The lowest BCUT2D eigenvalue weighted by Gasteiger charge is -2.37. The maximum atomic E-state index is 12.0. The van der Waals surface area contributed by atoms with Crippen molar-refractivity contribution in [2.24, 2.45) is 5.41 Å². The molecule has 0 aromatic carbocycles. The van der Waals surface area contributed by atoms with Crippen LogP contribution in [0.25, 0.3) is 0 Å². The molecule has 0 aromatic rings. The van der Waals surface area contributed by atoms with Gasteiger partial charge in [-0.15, -0.1) is 0 Å². The normalized spacial score (nSPS) is 24.1. The summed E-state index contributed by atoms with van der Waals surface area (Å²) in [6.07, 6.45) is 9.52. The number of hydroxylamine groups is 1. The Balaban J connectivity index is 2.62. The standard InChI is InChI=1S/C19H34ClNO2S/c1-5-8-18(21-23-14-7-13-20)17-9-11-19(4,12-10-17)15-16(3)24(22)6-2/h7,13,16,21H,5-6,8-12,14-15H2,1-4H3. The molecule has 0 saturated heterocycles. The SMILES string of the molecule is CCCC(NOCC=CCl)=C1CCC(C)(CC(C)S(=O)CC)CC1. The quantitative estimate of drug-likeness (QED) is 0.408. The number of hydrogen-bond donors (Lipinski definition) is 1. The summed E-state index contributed by atoms with van der Waals surface area (Å²) in [5.74, 6) is 0.765. The smallest absolute Gasteiger partial charge is 0.0938 e. The first-order chi connectivity index (χ1) is 11.5. The van der Waals surface area contributed by atoms with Gasteiger partial charge in [0, 0.05) is 33.0 Å². The molecule has 0 heterocycles. The highest BCUT2D eigenvalue weighted by Gasteiger charge is 2.32. The van der Waals surface area contributed by atoms with Crippen molar-refractivity contribution in [3.63, 3.8) is 0 Å². The van der Waals surface area contributed by atoms with Gasteiger partial charge < -0.3 is 0 Å². The molecule has 3 nitrogen and oxygen atoms in total. The molecule has 24 heavy (non-hydrogen) atoms. The van der Waals surface area contributed by atoms with Gasteiger partial charge >= 0.3 is 0 Å². The van der Waals surface area contributed by atoms with Crippen LogP contribution in [0.1, 0.15) is 72.6 Å². The zero-order valence-corrected chi connectivity index (χ0v) is 17.3. The Kier molecular flexibility index (Phi) is 10.3. The first kappa shape index (κ1) is 21.7. The highest BCUT2D eigenvalue weighted by atomic mass is 35.5. The van der Waals surface area contributed by atoms with Gasteiger partial charge in [-0.3, -0.25) is 14.5 Å². The van der Waals surface area contributed by atoms with Crippen LogP contribution < -0.4 is 5.48 Å². The minimum Gasteiger partial charge on any atom is -0.272 e. The third-order valence-corrected chi connectivity index (χ3v) is 6.78. The molecule has 1 aliphatic rings. The van der Waals surface area contributed by atoms with Crippen LogP contribution in [-0.2, 0) is 15.6 Å². The van der Waals surface area contributed by atoms with Crippen LogP contribution >= 0.6 is 11.6 Å². The molecule has 5 heteroatoms. The predicted octanol–water partition coefficient (Wildman–Crippen LogP) is 5.44. The predicted molar refractivity (Wildman–Crippen MR) is 105 cm³/mol. The van der Waals surface area contributed by atoms with Gasteiger partial charge in [0.1, 0.15) is 0 Å². The molecule has 0 amide bonds. The first-order valence-electron chi connectivity index (χ1n) is 9.16. The summed E-state index contributed by atoms with van der Waals surface area (Å²) in [7, 11) is -0.688. The number of nitrogens with one attached hydrogen (secondary N) is 1. The summed E-state index contributed by atoms with van der Waals surface area (Å²) in [4.78, 5) is 5.49. The van der Waals surface area contributed by atoms with Gasteiger partial charge in [0.2, 0.25) is 0 Å². The number of hydrogen-bond acceptors (Lipinski definition) is 3. The van der Waals surface area contributed by atoms with E-state index in [2.05, 4.69) is 26.3 Å². The summed E-state index contributed by atoms with van der Waals surface area (Å²) in [6, 6.07) is 0. The second-order valence-electron chi connectivity index (χ2n) is 7.10. The van der Waals surface area contributed by atoms with Gasteiger partial charge in [-0.25, -0.2) is 0 Å². The Hall–Kier alpha value is -0.320. The van der Waals surface area contributed by atoms with E-state index in [1.165, 1.54) is 29.6 Å². The molecule has 1 saturated carbocycles. The van der Waals surface area contributed by atoms with E-state index in [9.17, 15) is 4.21 Å². The molecule has 0 radical (unpaired) electrons. The molecule has 0 aliphatic heterocycles. The van der Waals surface area contributed by atoms with Crippen molar-refractivity contribution in [3.05, 3.63) is 22.9 Å². The zero-order chi connectivity index (χ0) is 18.0. The van der Waals surface area contributed by atoms with Crippen molar-refractivity contribution in [2.75, 3.05) is 12.4 Å². The van der Waals surface area contributed by atoms with E-state index in [0.717, 1.165) is 37.9 Å². The van der Waals surface area contributed by atoms with E-state index in [4.69, 9.17) is 16.4 Å². The summed E-state index contributed by atoms with van der Waals surface area (Å²) >= 11 is 5.51. The Morgan fingerprint density at radius 1 is 1.42 bits per heavy atom. The fourth-order valence-corrected chi connectivity index (χ4v) is 4.73. The third-order valence-electron chi connectivity index (χ3n) is 4.97. The Labute approximate surface area is 155 Å². The number of halogens is 1. The second-order valence-corrected chi connectivity index (χ2v) is 9.50. The topological polar surface area (TPSA) is 38.3 Å². The fraction of sp³-hybridized carbons (Fsp3) is 0.789. The van der Waals surface area contributed by atoms with E-state index in [0.29, 0.717) is 17.3 Å². The molecule has 140 valence electrons. The molecule has 2 unspecified atom stereocenters. The lowest BCUT2D eigenvalue weighted by Crippen LogP contribution is -2.29. The fourth-order valence-electron chi connectivity index (χ4n) is 3.50. The molecule has 1 N–H and O–H groups in total. The van der Waals surface area contributed by atoms with Crippen molar-refractivity contribution < 1.29 is 9.05 Å². The van der Waals surface area contributed by atoms with E-state index >= 15 is 0 Å². The molecule has 2 atom stereocenters. The lowest BCUT2D eigenvalue weighted by atomic mass is 9.71. The van der Waals surface area contributed by atoms with E-state index < -0.39 is 10.8 Å². The molecule has 0 bridgehead atoms. The highest BCUT2D eigenvalue weighted by molar-refractivity contribution is 7.85. The molecule has 0 aromatic heterocycles. The van der Waals surface area contributed by atoms with Gasteiger partial charge in [-0.1, -0.05) is 45.7 Å². The van der Waals surface area contributed by atoms with Crippen molar-refractivity contribution >= 4 is 22.4 Å². The summed E-state index contributed by atoms with van der Waals surface area (Å²) < 4.78 is 12.0. The van der Waals surface area contributed by atoms with Gasteiger partial charge in [0.25, 0.3) is 0 Å². The van der Waals surface area contributed by atoms with E-state index in [1.807, 2.05) is 6.92 Å². The molecular formula is C19H34ClNO2S.